The first-order valence-corrected chi connectivity index (χ1v) is 11.4. The Morgan fingerprint density at radius 2 is 1.79 bits per heavy atom. The molecule has 0 saturated carbocycles. The fourth-order valence-electron chi connectivity index (χ4n) is 3.14. The minimum Gasteiger partial charge on any atom is -0.361 e. The SMILES string of the molecule is Cc1oncc1C(=O)Nc1ccc(NS(=O)(=O)c2ccc(CC(C)C)cc2)c(C(F)(F)F)c1. The first kappa shape index (κ1) is 24.3. The average Bonchev–Trinajstić information content (AvgIpc) is 3.14. The standard InChI is InChI=1S/C22H22F3N3O4S/c1-13(2)10-15-4-7-17(8-5-15)33(30,31)28-20-9-6-16(11-19(20)22(23,24)25)27-21(29)18-12-26-32-14(18)3/h4-9,11-13,28H,10H2,1-3H3,(H,27,29). The van der Waals surface area contributed by atoms with Crippen molar-refractivity contribution in [2.45, 2.75) is 38.3 Å². The van der Waals surface area contributed by atoms with Gasteiger partial charge in [-0.1, -0.05) is 31.1 Å². The molecule has 1 aromatic heterocycles. The number of anilines is 2. The van der Waals surface area contributed by atoms with Crippen LogP contribution in [0.4, 0.5) is 24.5 Å². The Bertz CT molecular complexity index is 1250. The molecule has 0 aliphatic carbocycles. The number of amides is 1. The van der Waals surface area contributed by atoms with Gasteiger partial charge in [0.2, 0.25) is 0 Å². The van der Waals surface area contributed by atoms with E-state index in [2.05, 4.69) is 10.5 Å². The summed E-state index contributed by atoms with van der Waals surface area (Å²) >= 11 is 0. The molecular formula is C22H22F3N3O4S. The minimum absolute atomic E-state index is 0.0641. The van der Waals surface area contributed by atoms with Gasteiger partial charge < -0.3 is 9.84 Å². The molecule has 1 heterocycles. The lowest BCUT2D eigenvalue weighted by Crippen LogP contribution is -2.18. The van der Waals surface area contributed by atoms with Crippen LogP contribution >= 0.6 is 0 Å². The van der Waals surface area contributed by atoms with Crippen LogP contribution < -0.4 is 10.0 Å². The van der Waals surface area contributed by atoms with E-state index in [9.17, 15) is 26.4 Å². The summed E-state index contributed by atoms with van der Waals surface area (Å²) in [6, 6.07) is 8.73. The van der Waals surface area contributed by atoms with Crippen molar-refractivity contribution in [3.8, 4) is 0 Å². The van der Waals surface area contributed by atoms with Gasteiger partial charge in [-0.3, -0.25) is 9.52 Å². The van der Waals surface area contributed by atoms with Crippen molar-refractivity contribution in [3.63, 3.8) is 0 Å². The lowest BCUT2D eigenvalue weighted by atomic mass is 10.0. The summed E-state index contributed by atoms with van der Waals surface area (Å²) in [5.74, 6) is -0.142. The van der Waals surface area contributed by atoms with Crippen LogP contribution in [-0.4, -0.2) is 19.5 Å². The van der Waals surface area contributed by atoms with Crippen LogP contribution in [0.15, 0.2) is 58.1 Å². The van der Waals surface area contributed by atoms with Gasteiger partial charge >= 0.3 is 6.18 Å². The zero-order valence-corrected chi connectivity index (χ0v) is 18.8. The van der Waals surface area contributed by atoms with E-state index >= 15 is 0 Å². The van der Waals surface area contributed by atoms with E-state index in [1.54, 1.807) is 12.1 Å². The summed E-state index contributed by atoms with van der Waals surface area (Å²) in [7, 11) is -4.28. The number of nitrogens with one attached hydrogen (secondary N) is 2. The molecule has 3 rings (SSSR count). The molecule has 3 aromatic rings. The molecule has 0 fully saturated rings. The number of hydrogen-bond donors (Lipinski definition) is 2. The molecule has 0 spiro atoms. The lowest BCUT2D eigenvalue weighted by molar-refractivity contribution is -0.136. The van der Waals surface area contributed by atoms with Crippen LogP contribution in [0.25, 0.3) is 0 Å². The third-order valence-electron chi connectivity index (χ3n) is 4.70. The Hall–Kier alpha value is -3.34. The molecule has 0 radical (unpaired) electrons. The Morgan fingerprint density at radius 1 is 1.12 bits per heavy atom. The van der Waals surface area contributed by atoms with E-state index in [0.717, 1.165) is 24.2 Å². The third kappa shape index (κ3) is 5.92. The molecule has 33 heavy (non-hydrogen) atoms. The summed E-state index contributed by atoms with van der Waals surface area (Å²) in [5, 5.41) is 5.78. The fourth-order valence-corrected chi connectivity index (χ4v) is 4.22. The Balaban J connectivity index is 1.87. The topological polar surface area (TPSA) is 101 Å². The summed E-state index contributed by atoms with van der Waals surface area (Å²) in [4.78, 5) is 12.1. The van der Waals surface area contributed by atoms with E-state index in [-0.39, 0.29) is 21.9 Å². The summed E-state index contributed by atoms with van der Waals surface area (Å²) in [6.07, 6.45) is -3.00. The monoisotopic (exact) mass is 481 g/mol. The summed E-state index contributed by atoms with van der Waals surface area (Å²) < 4.78 is 73.2. The number of carbonyl (C=O) groups is 1. The van der Waals surface area contributed by atoms with Crippen LogP contribution in [0.5, 0.6) is 0 Å². The molecular weight excluding hydrogens is 459 g/mol. The zero-order chi connectivity index (χ0) is 24.4. The number of benzene rings is 2. The fraction of sp³-hybridized carbons (Fsp3) is 0.273. The molecule has 2 N–H and O–H groups in total. The van der Waals surface area contributed by atoms with Crippen molar-refractivity contribution in [3.05, 3.63) is 71.1 Å². The number of aryl methyl sites for hydroxylation is 1. The molecule has 0 aliphatic rings. The normalized spacial score (nSPS) is 12.1. The number of carbonyl (C=O) groups excluding carboxylic acids is 1. The van der Waals surface area contributed by atoms with Gasteiger partial charge in [0.05, 0.1) is 22.3 Å². The molecule has 0 aliphatic heterocycles. The molecule has 1 amide bonds. The van der Waals surface area contributed by atoms with Crippen molar-refractivity contribution in [2.75, 3.05) is 10.0 Å². The molecule has 11 heteroatoms. The van der Waals surface area contributed by atoms with Crippen molar-refractivity contribution in [1.29, 1.82) is 0 Å². The second-order valence-electron chi connectivity index (χ2n) is 7.86. The molecule has 176 valence electrons. The molecule has 7 nitrogen and oxygen atoms in total. The van der Waals surface area contributed by atoms with E-state index in [0.29, 0.717) is 12.0 Å². The highest BCUT2D eigenvalue weighted by atomic mass is 32.2. The Morgan fingerprint density at radius 3 is 2.33 bits per heavy atom. The first-order valence-electron chi connectivity index (χ1n) is 9.92. The minimum atomic E-state index is -4.88. The van der Waals surface area contributed by atoms with Crippen molar-refractivity contribution in [1.82, 2.24) is 5.16 Å². The number of nitrogens with zero attached hydrogens (tertiary/aromatic N) is 1. The summed E-state index contributed by atoms with van der Waals surface area (Å²) in [6.45, 7) is 5.52. The Labute approximate surface area is 189 Å². The highest BCUT2D eigenvalue weighted by Gasteiger charge is 2.35. The highest BCUT2D eigenvalue weighted by molar-refractivity contribution is 7.92. The van der Waals surface area contributed by atoms with Crippen LogP contribution in [0, 0.1) is 12.8 Å². The zero-order valence-electron chi connectivity index (χ0n) is 18.0. The predicted octanol–water partition coefficient (Wildman–Crippen LogP) is 5.25. The number of alkyl halides is 3. The van der Waals surface area contributed by atoms with Crippen LogP contribution in [-0.2, 0) is 22.6 Å². The van der Waals surface area contributed by atoms with Crippen LogP contribution in [0.3, 0.4) is 0 Å². The highest BCUT2D eigenvalue weighted by Crippen LogP contribution is 2.37. The number of halogens is 3. The summed E-state index contributed by atoms with van der Waals surface area (Å²) in [5.41, 5.74) is -1.10. The van der Waals surface area contributed by atoms with Crippen LogP contribution in [0.2, 0.25) is 0 Å². The number of rotatable bonds is 7. The predicted molar refractivity (Wildman–Crippen MR) is 116 cm³/mol. The van der Waals surface area contributed by atoms with Gasteiger partial charge in [0, 0.05) is 5.69 Å². The number of sulfonamides is 1. The molecule has 2 aromatic carbocycles. The van der Waals surface area contributed by atoms with Crippen molar-refractivity contribution >= 4 is 27.3 Å². The number of hydrogen-bond acceptors (Lipinski definition) is 5. The van der Waals surface area contributed by atoms with Crippen LogP contribution in [0.1, 0.15) is 41.1 Å². The molecule has 0 saturated heterocycles. The van der Waals surface area contributed by atoms with Gasteiger partial charge in [-0.25, -0.2) is 8.42 Å². The van der Waals surface area contributed by atoms with Gasteiger partial charge in [0.15, 0.2) is 0 Å². The maximum atomic E-state index is 13.7. The third-order valence-corrected chi connectivity index (χ3v) is 6.08. The average molecular weight is 481 g/mol. The largest absolute Gasteiger partial charge is 0.418 e. The molecule has 0 unspecified atom stereocenters. The lowest BCUT2D eigenvalue weighted by Gasteiger charge is -2.17. The van der Waals surface area contributed by atoms with Crippen molar-refractivity contribution in [2.24, 2.45) is 5.92 Å². The van der Waals surface area contributed by atoms with Gasteiger partial charge in [-0.05, 0) is 55.2 Å². The number of aromatic nitrogens is 1. The maximum absolute atomic E-state index is 13.7. The van der Waals surface area contributed by atoms with E-state index in [1.165, 1.54) is 25.1 Å². The Kier molecular flexibility index (Phi) is 6.82. The second-order valence-corrected chi connectivity index (χ2v) is 9.54. The first-order chi connectivity index (χ1) is 15.4. The van der Waals surface area contributed by atoms with Gasteiger partial charge in [0.25, 0.3) is 15.9 Å². The van der Waals surface area contributed by atoms with E-state index in [1.807, 2.05) is 18.6 Å². The van der Waals surface area contributed by atoms with Gasteiger partial charge in [-0.2, -0.15) is 13.2 Å². The second kappa shape index (κ2) is 9.26. The van der Waals surface area contributed by atoms with Gasteiger partial charge in [0.1, 0.15) is 11.3 Å². The smallest absolute Gasteiger partial charge is 0.361 e. The quantitative estimate of drug-likeness (QED) is 0.480. The van der Waals surface area contributed by atoms with Gasteiger partial charge in [-0.15, -0.1) is 0 Å². The van der Waals surface area contributed by atoms with E-state index < -0.39 is 33.4 Å². The van der Waals surface area contributed by atoms with E-state index in [4.69, 9.17) is 4.52 Å². The molecule has 0 atom stereocenters. The van der Waals surface area contributed by atoms with Crippen molar-refractivity contribution < 1.29 is 30.9 Å². The molecule has 0 bridgehead atoms. The maximum Gasteiger partial charge on any atom is 0.418 e.